The number of rotatable bonds is 4. The summed E-state index contributed by atoms with van der Waals surface area (Å²) >= 11 is 1.72. The summed E-state index contributed by atoms with van der Waals surface area (Å²) in [5, 5.41) is 13.8. The normalized spacial score (nSPS) is 26.6. The van der Waals surface area contributed by atoms with Crippen molar-refractivity contribution in [3.63, 3.8) is 0 Å². The van der Waals surface area contributed by atoms with Crippen molar-refractivity contribution in [2.75, 3.05) is 31.2 Å². The van der Waals surface area contributed by atoms with Crippen molar-refractivity contribution in [1.29, 1.82) is 0 Å². The van der Waals surface area contributed by atoms with Crippen LogP contribution in [0.4, 0.5) is 5.82 Å². The van der Waals surface area contributed by atoms with E-state index in [9.17, 15) is 5.11 Å². The van der Waals surface area contributed by atoms with E-state index in [0.717, 1.165) is 75.0 Å². The van der Waals surface area contributed by atoms with Crippen molar-refractivity contribution < 1.29 is 9.84 Å². The summed E-state index contributed by atoms with van der Waals surface area (Å²) in [7, 11) is 0. The summed E-state index contributed by atoms with van der Waals surface area (Å²) in [6.45, 7) is 4.17. The Bertz CT molecular complexity index is 1050. The third-order valence-corrected chi connectivity index (χ3v) is 7.84. The highest BCUT2D eigenvalue weighted by Gasteiger charge is 2.42. The van der Waals surface area contributed by atoms with Crippen molar-refractivity contribution in [3.8, 4) is 11.1 Å². The third-order valence-electron chi connectivity index (χ3n) is 6.97. The van der Waals surface area contributed by atoms with Crippen LogP contribution in [-0.2, 0) is 11.3 Å². The molecule has 6 rings (SSSR count). The first-order valence-corrected chi connectivity index (χ1v) is 12.2. The molecular weight excluding hydrogens is 408 g/mol. The SMILES string of the molecule is OC1CC2CCC(C1)N2c1nc(CN2CCOCC2)nc2scc(-c3ccccc3)c12. The van der Waals surface area contributed by atoms with Gasteiger partial charge in [-0.25, -0.2) is 9.97 Å². The average Bonchev–Trinajstić information content (AvgIpc) is 3.33. The van der Waals surface area contributed by atoms with Crippen LogP contribution in [0.5, 0.6) is 0 Å². The van der Waals surface area contributed by atoms with E-state index in [4.69, 9.17) is 14.7 Å². The number of aromatic nitrogens is 2. The van der Waals surface area contributed by atoms with Gasteiger partial charge in [-0.15, -0.1) is 11.3 Å². The summed E-state index contributed by atoms with van der Waals surface area (Å²) < 4.78 is 5.51. The predicted molar refractivity (Wildman–Crippen MR) is 123 cm³/mol. The van der Waals surface area contributed by atoms with E-state index in [1.165, 1.54) is 16.5 Å². The molecule has 3 aliphatic heterocycles. The Labute approximate surface area is 186 Å². The summed E-state index contributed by atoms with van der Waals surface area (Å²) in [6.07, 6.45) is 3.76. The van der Waals surface area contributed by atoms with Crippen LogP contribution in [0.1, 0.15) is 31.5 Å². The number of aliphatic hydroxyl groups excluding tert-OH is 1. The van der Waals surface area contributed by atoms with Gasteiger partial charge in [-0.2, -0.15) is 0 Å². The van der Waals surface area contributed by atoms with E-state index >= 15 is 0 Å². The minimum atomic E-state index is -0.185. The molecule has 0 aliphatic carbocycles. The van der Waals surface area contributed by atoms with Crippen molar-refractivity contribution in [2.45, 2.75) is 50.4 Å². The number of benzene rings is 1. The zero-order valence-corrected chi connectivity index (χ0v) is 18.4. The molecule has 31 heavy (non-hydrogen) atoms. The van der Waals surface area contributed by atoms with Crippen LogP contribution in [0.25, 0.3) is 21.3 Å². The lowest BCUT2D eigenvalue weighted by atomic mass is 9.98. The lowest BCUT2D eigenvalue weighted by Crippen LogP contribution is -2.45. The van der Waals surface area contributed by atoms with Gasteiger partial charge in [-0.3, -0.25) is 4.90 Å². The molecule has 1 N–H and O–H groups in total. The highest BCUT2D eigenvalue weighted by molar-refractivity contribution is 7.17. The second-order valence-corrected chi connectivity index (χ2v) is 9.82. The first kappa shape index (κ1) is 19.6. The number of piperidine rings is 1. The minimum Gasteiger partial charge on any atom is -0.393 e. The number of fused-ring (bicyclic) bond motifs is 3. The van der Waals surface area contributed by atoms with E-state index in [0.29, 0.717) is 12.1 Å². The molecule has 3 saturated heterocycles. The first-order valence-electron chi connectivity index (χ1n) is 11.4. The van der Waals surface area contributed by atoms with Gasteiger partial charge >= 0.3 is 0 Å². The topological polar surface area (TPSA) is 61.7 Å². The largest absolute Gasteiger partial charge is 0.393 e. The van der Waals surface area contributed by atoms with Crippen molar-refractivity contribution >= 4 is 27.4 Å². The zero-order valence-electron chi connectivity index (χ0n) is 17.6. The van der Waals surface area contributed by atoms with Crippen LogP contribution in [0.15, 0.2) is 35.7 Å². The third kappa shape index (κ3) is 3.63. The van der Waals surface area contributed by atoms with Crippen LogP contribution < -0.4 is 4.90 Å². The van der Waals surface area contributed by atoms with Gasteiger partial charge in [0.1, 0.15) is 16.5 Å². The van der Waals surface area contributed by atoms with E-state index < -0.39 is 0 Å². The van der Waals surface area contributed by atoms with Gasteiger partial charge < -0.3 is 14.7 Å². The maximum Gasteiger partial charge on any atom is 0.146 e. The molecule has 5 heterocycles. The van der Waals surface area contributed by atoms with Crippen molar-refractivity contribution in [2.24, 2.45) is 0 Å². The molecule has 0 radical (unpaired) electrons. The molecule has 2 bridgehead atoms. The van der Waals surface area contributed by atoms with Gasteiger partial charge in [0, 0.05) is 36.1 Å². The molecule has 3 aliphatic rings. The Hall–Kier alpha value is -2.06. The lowest BCUT2D eigenvalue weighted by Gasteiger charge is -2.38. The molecule has 162 valence electrons. The molecule has 2 aromatic heterocycles. The van der Waals surface area contributed by atoms with Crippen LogP contribution in [0.2, 0.25) is 0 Å². The number of aliphatic hydroxyl groups is 1. The molecule has 0 saturated carbocycles. The Balaban J connectivity index is 1.47. The van der Waals surface area contributed by atoms with Crippen LogP contribution in [0, 0.1) is 0 Å². The number of nitrogens with zero attached hydrogens (tertiary/aromatic N) is 4. The highest BCUT2D eigenvalue weighted by Crippen LogP contribution is 2.45. The Morgan fingerprint density at radius 1 is 1.03 bits per heavy atom. The maximum absolute atomic E-state index is 10.4. The molecule has 6 nitrogen and oxygen atoms in total. The summed E-state index contributed by atoms with van der Waals surface area (Å²) in [4.78, 5) is 16.2. The smallest absolute Gasteiger partial charge is 0.146 e. The van der Waals surface area contributed by atoms with E-state index in [1.807, 2.05) is 0 Å². The van der Waals surface area contributed by atoms with Crippen molar-refractivity contribution in [1.82, 2.24) is 14.9 Å². The van der Waals surface area contributed by atoms with E-state index in [-0.39, 0.29) is 6.10 Å². The molecule has 0 spiro atoms. The standard InChI is InChI=1S/C24H28N4O2S/c29-19-12-17-6-7-18(13-19)28(17)23-22-20(16-4-2-1-3-5-16)15-31-24(22)26-21(25-23)14-27-8-10-30-11-9-27/h1-5,15,17-19,29H,6-14H2. The number of anilines is 1. The summed E-state index contributed by atoms with van der Waals surface area (Å²) in [5.41, 5.74) is 2.43. The van der Waals surface area contributed by atoms with Crippen LogP contribution >= 0.6 is 11.3 Å². The Morgan fingerprint density at radius 2 is 1.77 bits per heavy atom. The Morgan fingerprint density at radius 3 is 2.52 bits per heavy atom. The van der Waals surface area contributed by atoms with Gasteiger partial charge in [0.25, 0.3) is 0 Å². The zero-order chi connectivity index (χ0) is 20.8. The molecule has 2 atom stereocenters. The van der Waals surface area contributed by atoms with Crippen molar-refractivity contribution in [3.05, 3.63) is 41.5 Å². The average molecular weight is 437 g/mol. The van der Waals surface area contributed by atoms with E-state index in [2.05, 4.69) is 45.5 Å². The number of thiophene rings is 1. The summed E-state index contributed by atoms with van der Waals surface area (Å²) in [6, 6.07) is 11.3. The second kappa shape index (κ2) is 8.13. The molecule has 7 heteroatoms. The minimum absolute atomic E-state index is 0.185. The monoisotopic (exact) mass is 436 g/mol. The maximum atomic E-state index is 10.4. The molecule has 3 fully saturated rings. The molecular formula is C24H28N4O2S. The second-order valence-electron chi connectivity index (χ2n) is 8.97. The van der Waals surface area contributed by atoms with Crippen LogP contribution in [0.3, 0.4) is 0 Å². The Kier molecular flexibility index (Phi) is 5.14. The number of ether oxygens (including phenoxy) is 1. The molecule has 1 aromatic carbocycles. The van der Waals surface area contributed by atoms with E-state index in [1.54, 1.807) is 11.3 Å². The van der Waals surface area contributed by atoms with Gasteiger partial charge in [0.2, 0.25) is 0 Å². The van der Waals surface area contributed by atoms with Crippen LogP contribution in [-0.4, -0.2) is 64.5 Å². The lowest BCUT2D eigenvalue weighted by molar-refractivity contribution is 0.0331. The fourth-order valence-electron chi connectivity index (χ4n) is 5.51. The predicted octanol–water partition coefficient (Wildman–Crippen LogP) is 3.68. The quantitative estimate of drug-likeness (QED) is 0.673. The fourth-order valence-corrected chi connectivity index (χ4v) is 6.47. The molecule has 2 unspecified atom stereocenters. The van der Waals surface area contributed by atoms with Gasteiger partial charge in [-0.05, 0) is 31.2 Å². The van der Waals surface area contributed by atoms with Gasteiger partial charge in [0.15, 0.2) is 0 Å². The fraction of sp³-hybridized carbons (Fsp3) is 0.500. The first-order chi connectivity index (χ1) is 15.3. The number of hydrogen-bond acceptors (Lipinski definition) is 7. The number of morpholine rings is 1. The number of hydrogen-bond donors (Lipinski definition) is 1. The molecule has 0 amide bonds. The van der Waals surface area contributed by atoms with Gasteiger partial charge in [-0.1, -0.05) is 30.3 Å². The summed E-state index contributed by atoms with van der Waals surface area (Å²) in [5.74, 6) is 1.98. The van der Waals surface area contributed by atoms with Gasteiger partial charge in [0.05, 0.1) is 31.2 Å². The molecule has 3 aromatic rings. The highest BCUT2D eigenvalue weighted by atomic mass is 32.1.